The summed E-state index contributed by atoms with van der Waals surface area (Å²) in [5.41, 5.74) is 2.53. The van der Waals surface area contributed by atoms with Crippen molar-refractivity contribution in [1.29, 1.82) is 0 Å². The summed E-state index contributed by atoms with van der Waals surface area (Å²) in [7, 11) is 0. The van der Waals surface area contributed by atoms with Crippen molar-refractivity contribution in [1.82, 2.24) is 0 Å². The van der Waals surface area contributed by atoms with Crippen LogP contribution in [0.3, 0.4) is 0 Å². The zero-order valence-electron chi connectivity index (χ0n) is 16.1. The van der Waals surface area contributed by atoms with E-state index in [4.69, 9.17) is 0 Å². The summed E-state index contributed by atoms with van der Waals surface area (Å²) in [4.78, 5) is 11.0. The molecule has 0 amide bonds. The molecule has 0 aromatic heterocycles. The van der Waals surface area contributed by atoms with Crippen LogP contribution in [0.25, 0.3) is 0 Å². The highest BCUT2D eigenvalue weighted by molar-refractivity contribution is 5.26. The molecule has 4 rings (SSSR count). The smallest absolute Gasteiger partial charge is 0.0957 e. The Labute approximate surface area is 147 Å². The molecule has 0 radical (unpaired) electrons. The third kappa shape index (κ3) is 2.20. The van der Waals surface area contributed by atoms with Crippen LogP contribution in [0.5, 0.6) is 0 Å². The molecule has 4 aliphatic rings. The Balaban J connectivity index is 1.63. The normalized spacial score (nSPS) is 50.7. The van der Waals surface area contributed by atoms with Crippen molar-refractivity contribution in [3.63, 3.8) is 0 Å². The fourth-order valence-corrected chi connectivity index (χ4v) is 7.87. The first kappa shape index (κ1) is 16.8. The van der Waals surface area contributed by atoms with Gasteiger partial charge in [0.25, 0.3) is 0 Å². The Kier molecular flexibility index (Phi) is 3.97. The van der Waals surface area contributed by atoms with Crippen LogP contribution in [0.2, 0.25) is 0 Å². The van der Waals surface area contributed by atoms with E-state index in [0.29, 0.717) is 10.8 Å². The van der Waals surface area contributed by atoms with Gasteiger partial charge in [-0.1, -0.05) is 44.5 Å². The number of hydrogen-bond donors (Lipinski definition) is 0. The van der Waals surface area contributed by atoms with Crippen molar-refractivity contribution in [2.75, 3.05) is 0 Å². The van der Waals surface area contributed by atoms with Crippen LogP contribution in [0, 0.1) is 45.3 Å². The van der Waals surface area contributed by atoms with Crippen molar-refractivity contribution in [3.8, 4) is 0 Å². The summed E-state index contributed by atoms with van der Waals surface area (Å²) in [6.07, 6.45) is 12.7. The van der Waals surface area contributed by atoms with Gasteiger partial charge in [0, 0.05) is 0 Å². The highest BCUT2D eigenvalue weighted by Crippen LogP contribution is 2.67. The van der Waals surface area contributed by atoms with E-state index in [2.05, 4.69) is 38.9 Å². The molecule has 134 valence electrons. The molecular formula is C22H35NO. The van der Waals surface area contributed by atoms with E-state index in [1.165, 1.54) is 38.5 Å². The lowest BCUT2D eigenvalue weighted by Gasteiger charge is -2.58. The topological polar surface area (TPSA) is 29.4 Å². The van der Waals surface area contributed by atoms with E-state index < -0.39 is 0 Å². The third-order valence-corrected chi connectivity index (χ3v) is 9.11. The quantitative estimate of drug-likeness (QED) is 0.428. The number of rotatable bonds is 2. The molecule has 24 heavy (non-hydrogen) atoms. The first-order valence-electron chi connectivity index (χ1n) is 10.4. The maximum atomic E-state index is 11.0. The van der Waals surface area contributed by atoms with Gasteiger partial charge in [0.1, 0.15) is 0 Å². The van der Waals surface area contributed by atoms with Crippen molar-refractivity contribution < 1.29 is 0 Å². The Hall–Kier alpha value is -0.660. The van der Waals surface area contributed by atoms with E-state index in [1.807, 2.05) is 0 Å². The molecule has 0 aromatic rings. The molecule has 6 unspecified atom stereocenters. The molecular weight excluding hydrogens is 294 g/mol. The molecule has 0 N–H and O–H groups in total. The Bertz CT molecular complexity index is 552. The van der Waals surface area contributed by atoms with Crippen molar-refractivity contribution in [3.05, 3.63) is 16.6 Å². The molecule has 0 bridgehead atoms. The molecule has 0 aromatic carbocycles. The van der Waals surface area contributed by atoms with Gasteiger partial charge in [-0.05, 0) is 91.8 Å². The number of allylic oxidation sites excluding steroid dienone is 1. The second kappa shape index (κ2) is 5.68. The minimum Gasteiger partial charge on any atom is -0.151 e. The standard InChI is InChI=1S/C22H35NO/c1-14(2)18-7-8-19-17-6-5-15-13-16(23-24)9-11-21(15,3)20(17)10-12-22(18,19)4/h5,14,16-20H,6-13H2,1-4H3/t16-,17?,18?,19?,20?,21?,22?/m0/s1. The summed E-state index contributed by atoms with van der Waals surface area (Å²) >= 11 is 0. The molecule has 7 atom stereocenters. The second-order valence-electron chi connectivity index (χ2n) is 10.2. The van der Waals surface area contributed by atoms with Gasteiger partial charge < -0.3 is 0 Å². The van der Waals surface area contributed by atoms with Gasteiger partial charge in [0.2, 0.25) is 0 Å². The minimum absolute atomic E-state index is 0.0477. The summed E-state index contributed by atoms with van der Waals surface area (Å²) in [5, 5.41) is 3.38. The first-order chi connectivity index (χ1) is 11.4. The van der Waals surface area contributed by atoms with Crippen LogP contribution in [-0.2, 0) is 0 Å². The number of nitroso groups, excluding NO2 is 1. The number of fused-ring (bicyclic) bond motifs is 5. The van der Waals surface area contributed by atoms with Gasteiger partial charge in [0.05, 0.1) is 6.04 Å². The summed E-state index contributed by atoms with van der Waals surface area (Å²) in [6, 6.07) is 0.0477. The number of hydrogen-bond acceptors (Lipinski definition) is 2. The van der Waals surface area contributed by atoms with E-state index in [0.717, 1.165) is 42.4 Å². The SMILES string of the molecule is CC(C)C1CCC2C3CC=C4C[C@@H](N=O)CCC4(C)C3CCC12C. The molecule has 0 heterocycles. The van der Waals surface area contributed by atoms with Gasteiger partial charge in [-0.2, -0.15) is 4.91 Å². The predicted molar refractivity (Wildman–Crippen MR) is 99.6 cm³/mol. The lowest BCUT2D eigenvalue weighted by molar-refractivity contribution is -0.0488. The van der Waals surface area contributed by atoms with Gasteiger partial charge in [-0.3, -0.25) is 0 Å². The van der Waals surface area contributed by atoms with E-state index in [-0.39, 0.29) is 6.04 Å². The monoisotopic (exact) mass is 329 g/mol. The van der Waals surface area contributed by atoms with Crippen molar-refractivity contribution in [2.45, 2.75) is 85.1 Å². The van der Waals surface area contributed by atoms with Gasteiger partial charge >= 0.3 is 0 Å². The van der Waals surface area contributed by atoms with Crippen molar-refractivity contribution in [2.24, 2.45) is 45.6 Å². The first-order valence-corrected chi connectivity index (χ1v) is 10.4. The maximum Gasteiger partial charge on any atom is 0.0957 e. The highest BCUT2D eigenvalue weighted by Gasteiger charge is 2.58. The van der Waals surface area contributed by atoms with E-state index >= 15 is 0 Å². The zero-order valence-corrected chi connectivity index (χ0v) is 16.1. The Morgan fingerprint density at radius 2 is 1.88 bits per heavy atom. The second-order valence-corrected chi connectivity index (χ2v) is 10.2. The molecule has 0 spiro atoms. The van der Waals surface area contributed by atoms with E-state index in [9.17, 15) is 4.91 Å². The largest absolute Gasteiger partial charge is 0.151 e. The summed E-state index contributed by atoms with van der Waals surface area (Å²) < 4.78 is 0. The number of nitrogens with zero attached hydrogens (tertiary/aromatic N) is 1. The van der Waals surface area contributed by atoms with Crippen LogP contribution in [0.4, 0.5) is 0 Å². The average molecular weight is 330 g/mol. The molecule has 3 saturated carbocycles. The Morgan fingerprint density at radius 3 is 2.58 bits per heavy atom. The molecule has 3 fully saturated rings. The van der Waals surface area contributed by atoms with Crippen LogP contribution in [-0.4, -0.2) is 6.04 Å². The third-order valence-electron chi connectivity index (χ3n) is 9.11. The summed E-state index contributed by atoms with van der Waals surface area (Å²) in [6.45, 7) is 10.0. The van der Waals surface area contributed by atoms with Crippen LogP contribution in [0.15, 0.2) is 16.8 Å². The average Bonchev–Trinajstić information content (AvgIpc) is 2.91. The van der Waals surface area contributed by atoms with Crippen LogP contribution < -0.4 is 0 Å². The zero-order chi connectivity index (χ0) is 17.1. The van der Waals surface area contributed by atoms with Gasteiger partial charge in [-0.15, -0.1) is 0 Å². The van der Waals surface area contributed by atoms with Crippen molar-refractivity contribution >= 4 is 0 Å². The Morgan fingerprint density at radius 1 is 1.08 bits per heavy atom. The fourth-order valence-electron chi connectivity index (χ4n) is 7.87. The molecule has 0 saturated heterocycles. The summed E-state index contributed by atoms with van der Waals surface area (Å²) in [5.74, 6) is 4.43. The predicted octanol–water partition coefficient (Wildman–Crippen LogP) is 6.36. The van der Waals surface area contributed by atoms with E-state index in [1.54, 1.807) is 5.57 Å². The molecule has 4 aliphatic carbocycles. The maximum absolute atomic E-state index is 11.0. The van der Waals surface area contributed by atoms with Gasteiger partial charge in [-0.25, -0.2) is 0 Å². The lowest BCUT2D eigenvalue weighted by Crippen LogP contribution is -2.50. The fraction of sp³-hybridized carbons (Fsp3) is 0.909. The lowest BCUT2D eigenvalue weighted by atomic mass is 9.47. The van der Waals surface area contributed by atoms with Gasteiger partial charge in [0.15, 0.2) is 0 Å². The van der Waals surface area contributed by atoms with Crippen LogP contribution in [0.1, 0.15) is 79.1 Å². The minimum atomic E-state index is 0.0477. The van der Waals surface area contributed by atoms with Crippen LogP contribution >= 0.6 is 0 Å². The molecule has 0 aliphatic heterocycles. The highest BCUT2D eigenvalue weighted by atomic mass is 16.3. The molecule has 2 heteroatoms. The molecule has 2 nitrogen and oxygen atoms in total.